The molecule has 2 rings (SSSR count). The van der Waals surface area contributed by atoms with E-state index in [0.29, 0.717) is 10.3 Å². The van der Waals surface area contributed by atoms with E-state index in [9.17, 15) is 19.8 Å². The summed E-state index contributed by atoms with van der Waals surface area (Å²) in [5.41, 5.74) is -0.519. The summed E-state index contributed by atoms with van der Waals surface area (Å²) in [7, 11) is 0. The average Bonchev–Trinajstić information content (AvgIpc) is 2.76. The molecule has 0 aromatic rings. The van der Waals surface area contributed by atoms with E-state index in [2.05, 4.69) is 37.9 Å². The molecule has 6 nitrogen and oxygen atoms in total. The van der Waals surface area contributed by atoms with Crippen molar-refractivity contribution in [3.63, 3.8) is 0 Å². The Balaban J connectivity index is 2.52. The average molecular weight is 346 g/mol. The number of carboxylic acid groups (broad SMARTS) is 2. The van der Waals surface area contributed by atoms with E-state index in [1.54, 1.807) is 0 Å². The van der Waals surface area contributed by atoms with Crippen LogP contribution in [0.3, 0.4) is 0 Å². The molecule has 8 heteroatoms. The molecule has 2 atom stereocenters. The Labute approximate surface area is 138 Å². The van der Waals surface area contributed by atoms with Gasteiger partial charge in [0, 0.05) is 19.1 Å². The monoisotopic (exact) mass is 346 g/mol. The molecule has 22 heavy (non-hydrogen) atoms. The van der Waals surface area contributed by atoms with Crippen LogP contribution in [0.15, 0.2) is 9.81 Å². The third-order valence-electron chi connectivity index (χ3n) is 4.07. The van der Waals surface area contributed by atoms with Crippen LogP contribution in [0.25, 0.3) is 0 Å². The Morgan fingerprint density at radius 1 is 1.27 bits per heavy atom. The fourth-order valence-electron chi connectivity index (χ4n) is 3.10. The number of fused-ring (bicyclic) bond motifs is 1. The fraction of sp³-hybridized carbons (Fsp3) is 0.714. The smallest absolute Gasteiger partial charge is 0.344 e. The SMILES string of the molecule is CC(C)N1CCNC2SC(=C(C(=O)O)C(=O)O)SC21C(C)C. The Hall–Kier alpha value is -0.700. The highest BCUT2D eigenvalue weighted by Crippen LogP contribution is 2.60. The lowest BCUT2D eigenvalue weighted by molar-refractivity contribution is -0.140. The topological polar surface area (TPSA) is 89.9 Å². The number of nitrogens with one attached hydrogen (secondary N) is 1. The van der Waals surface area contributed by atoms with Crippen molar-refractivity contribution in [1.82, 2.24) is 10.2 Å². The first-order valence-electron chi connectivity index (χ1n) is 7.28. The lowest BCUT2D eigenvalue weighted by Gasteiger charge is -2.52. The van der Waals surface area contributed by atoms with E-state index in [-0.39, 0.29) is 16.2 Å². The summed E-state index contributed by atoms with van der Waals surface area (Å²) in [6.45, 7) is 10.1. The lowest BCUT2D eigenvalue weighted by atomic mass is 9.97. The molecule has 0 bridgehead atoms. The molecular formula is C14H22N2O4S2. The van der Waals surface area contributed by atoms with Crippen molar-refractivity contribution in [2.24, 2.45) is 5.92 Å². The Kier molecular flexibility index (Phi) is 5.16. The van der Waals surface area contributed by atoms with Gasteiger partial charge in [-0.3, -0.25) is 4.90 Å². The van der Waals surface area contributed by atoms with Gasteiger partial charge in [-0.2, -0.15) is 0 Å². The maximum Gasteiger partial charge on any atom is 0.344 e. The minimum absolute atomic E-state index is 0.0163. The molecule has 0 saturated carbocycles. The van der Waals surface area contributed by atoms with Gasteiger partial charge < -0.3 is 15.5 Å². The van der Waals surface area contributed by atoms with Gasteiger partial charge in [0.15, 0.2) is 5.57 Å². The predicted octanol–water partition coefficient (Wildman–Crippen LogP) is 1.84. The second-order valence-corrected chi connectivity index (χ2v) is 8.66. The normalized spacial score (nSPS) is 29.0. The van der Waals surface area contributed by atoms with Crippen molar-refractivity contribution in [2.75, 3.05) is 13.1 Å². The third-order valence-corrected chi connectivity index (χ3v) is 7.60. The van der Waals surface area contributed by atoms with Crippen LogP contribution >= 0.6 is 23.5 Å². The van der Waals surface area contributed by atoms with Crippen molar-refractivity contribution in [3.8, 4) is 0 Å². The van der Waals surface area contributed by atoms with Gasteiger partial charge in [0.2, 0.25) is 0 Å². The Morgan fingerprint density at radius 3 is 2.32 bits per heavy atom. The standard InChI is InChI=1S/C14H22N2O4S2/c1-7(2)14-13(15-5-6-16(14)8(3)4)21-12(22-14)9(10(17)18)11(19)20/h7-8,13,15H,5-6H2,1-4H3,(H,17,18)(H,19,20). The van der Waals surface area contributed by atoms with E-state index in [1.807, 2.05) is 0 Å². The van der Waals surface area contributed by atoms with Crippen molar-refractivity contribution in [2.45, 2.75) is 44.0 Å². The van der Waals surface area contributed by atoms with Crippen molar-refractivity contribution < 1.29 is 19.8 Å². The highest BCUT2D eigenvalue weighted by molar-refractivity contribution is 8.26. The van der Waals surface area contributed by atoms with Crippen LogP contribution in [0.4, 0.5) is 0 Å². The number of hydrogen-bond acceptors (Lipinski definition) is 6. The minimum atomic E-state index is -1.38. The van der Waals surface area contributed by atoms with E-state index < -0.39 is 17.5 Å². The molecule has 3 N–H and O–H groups in total. The molecule has 2 fully saturated rings. The molecule has 2 heterocycles. The Bertz CT molecular complexity index is 505. The minimum Gasteiger partial charge on any atom is -0.477 e. The molecule has 0 aromatic heterocycles. The van der Waals surface area contributed by atoms with Crippen LogP contribution in [-0.2, 0) is 9.59 Å². The molecule has 2 aliphatic heterocycles. The first kappa shape index (κ1) is 17.7. The third kappa shape index (κ3) is 2.77. The van der Waals surface area contributed by atoms with Crippen molar-refractivity contribution >= 4 is 35.5 Å². The highest BCUT2D eigenvalue weighted by Gasteiger charge is 2.56. The van der Waals surface area contributed by atoms with Gasteiger partial charge in [0.05, 0.1) is 9.61 Å². The summed E-state index contributed by atoms with van der Waals surface area (Å²) in [6, 6.07) is 0.303. The van der Waals surface area contributed by atoms with Gasteiger partial charge in [-0.1, -0.05) is 37.4 Å². The second-order valence-electron chi connectivity index (χ2n) is 6.02. The van der Waals surface area contributed by atoms with E-state index in [0.717, 1.165) is 13.1 Å². The molecule has 2 unspecified atom stereocenters. The first-order valence-corrected chi connectivity index (χ1v) is 8.98. The zero-order valence-electron chi connectivity index (χ0n) is 13.1. The highest BCUT2D eigenvalue weighted by atomic mass is 32.2. The molecule has 0 spiro atoms. The molecular weight excluding hydrogens is 324 g/mol. The van der Waals surface area contributed by atoms with Crippen LogP contribution in [0, 0.1) is 5.92 Å². The molecule has 0 aliphatic carbocycles. The number of nitrogens with zero attached hydrogens (tertiary/aromatic N) is 1. The summed E-state index contributed by atoms with van der Waals surface area (Å²) >= 11 is 2.73. The van der Waals surface area contributed by atoms with Crippen LogP contribution < -0.4 is 5.32 Å². The number of carbonyl (C=O) groups is 2. The quantitative estimate of drug-likeness (QED) is 0.404. The van der Waals surface area contributed by atoms with E-state index in [1.165, 1.54) is 23.5 Å². The number of hydrogen-bond donors (Lipinski definition) is 3. The zero-order valence-corrected chi connectivity index (χ0v) is 14.8. The lowest BCUT2D eigenvalue weighted by Crippen LogP contribution is -2.66. The van der Waals surface area contributed by atoms with E-state index in [4.69, 9.17) is 0 Å². The maximum atomic E-state index is 11.3. The van der Waals surface area contributed by atoms with Gasteiger partial charge in [-0.15, -0.1) is 0 Å². The van der Waals surface area contributed by atoms with Gasteiger partial charge >= 0.3 is 11.9 Å². The Morgan fingerprint density at radius 2 is 1.86 bits per heavy atom. The summed E-state index contributed by atoms with van der Waals surface area (Å²) < 4.78 is 0.388. The number of aliphatic carboxylic acids is 2. The van der Waals surface area contributed by atoms with Gasteiger partial charge in [0.1, 0.15) is 4.87 Å². The molecule has 0 radical (unpaired) electrons. The molecule has 0 aromatic carbocycles. The summed E-state index contributed by atoms with van der Waals surface area (Å²) in [5, 5.41) is 21.9. The maximum absolute atomic E-state index is 11.3. The number of thioether (sulfide) groups is 2. The van der Waals surface area contributed by atoms with Gasteiger partial charge in [-0.05, 0) is 19.8 Å². The molecule has 2 saturated heterocycles. The van der Waals surface area contributed by atoms with Crippen molar-refractivity contribution in [3.05, 3.63) is 9.81 Å². The van der Waals surface area contributed by atoms with Crippen LogP contribution in [0.2, 0.25) is 0 Å². The van der Waals surface area contributed by atoms with Crippen molar-refractivity contribution in [1.29, 1.82) is 0 Å². The van der Waals surface area contributed by atoms with Gasteiger partial charge in [0.25, 0.3) is 0 Å². The first-order chi connectivity index (χ1) is 10.2. The number of carboxylic acids is 2. The summed E-state index contributed by atoms with van der Waals surface area (Å²) in [4.78, 5) is 24.7. The molecule has 124 valence electrons. The van der Waals surface area contributed by atoms with Crippen LogP contribution in [0.1, 0.15) is 27.7 Å². The second kappa shape index (κ2) is 6.43. The largest absolute Gasteiger partial charge is 0.477 e. The summed E-state index contributed by atoms with van der Waals surface area (Å²) in [5.74, 6) is -2.51. The molecule has 2 aliphatic rings. The predicted molar refractivity (Wildman–Crippen MR) is 88.7 cm³/mol. The number of rotatable bonds is 4. The molecule has 0 amide bonds. The van der Waals surface area contributed by atoms with E-state index >= 15 is 0 Å². The van der Waals surface area contributed by atoms with Crippen LogP contribution in [-0.4, -0.2) is 56.4 Å². The number of piperazine rings is 1. The zero-order chi connectivity index (χ0) is 16.7. The fourth-order valence-corrected chi connectivity index (χ4v) is 6.97. The summed E-state index contributed by atoms with van der Waals surface area (Å²) in [6.07, 6.45) is 0. The van der Waals surface area contributed by atoms with Gasteiger partial charge in [-0.25, -0.2) is 9.59 Å². The van der Waals surface area contributed by atoms with Crippen LogP contribution in [0.5, 0.6) is 0 Å².